The predicted molar refractivity (Wildman–Crippen MR) is 145 cm³/mol. The minimum absolute atomic E-state index is 0.00432. The van der Waals surface area contributed by atoms with Crippen molar-refractivity contribution in [2.45, 2.75) is 63.5 Å². The molecule has 2 N–H and O–H groups in total. The van der Waals surface area contributed by atoms with Crippen LogP contribution in [0.25, 0.3) is 5.57 Å². The van der Waals surface area contributed by atoms with Gasteiger partial charge in [0.15, 0.2) is 5.54 Å². The zero-order valence-corrected chi connectivity index (χ0v) is 24.3. The van der Waals surface area contributed by atoms with E-state index in [4.69, 9.17) is 4.74 Å². The molecule has 8 nitrogen and oxygen atoms in total. The van der Waals surface area contributed by atoms with E-state index in [0.717, 1.165) is 36.4 Å². The number of nitrogens with one attached hydrogen (secondary N) is 2. The van der Waals surface area contributed by atoms with E-state index in [9.17, 15) is 53.1 Å². The third-order valence-corrected chi connectivity index (χ3v) is 8.04. The molecule has 1 aliphatic heterocycles. The van der Waals surface area contributed by atoms with E-state index in [1.165, 1.54) is 19.1 Å². The van der Waals surface area contributed by atoms with Gasteiger partial charge in [-0.2, -0.15) is 35.1 Å². The quantitative estimate of drug-likeness (QED) is 0.154. The number of carbonyl (C=O) groups excluding carboxylic acids is 2. The van der Waals surface area contributed by atoms with Crippen LogP contribution in [-0.4, -0.2) is 51.6 Å². The highest BCUT2D eigenvalue weighted by Crippen LogP contribution is 2.48. The molecule has 17 heteroatoms. The van der Waals surface area contributed by atoms with Gasteiger partial charge in [-0.15, -0.1) is 0 Å². The average molecular weight is 673 g/mol. The Hall–Kier alpha value is -3.89. The molecule has 1 heterocycles. The van der Waals surface area contributed by atoms with Crippen LogP contribution in [0.1, 0.15) is 50.2 Å². The summed E-state index contributed by atoms with van der Waals surface area (Å²) in [6.07, 6.45) is -11.2. The number of carbonyl (C=O) groups is 2. The van der Waals surface area contributed by atoms with Crippen LogP contribution >= 0.6 is 0 Å². The molecule has 1 aliphatic rings. The summed E-state index contributed by atoms with van der Waals surface area (Å²) in [4.78, 5) is 26.2. The summed E-state index contributed by atoms with van der Waals surface area (Å²) < 4.78 is 142. The van der Waals surface area contributed by atoms with Crippen LogP contribution in [0, 0.1) is 0 Å². The van der Waals surface area contributed by atoms with E-state index in [-0.39, 0.29) is 42.9 Å². The van der Waals surface area contributed by atoms with Gasteiger partial charge < -0.3 is 14.8 Å². The summed E-state index contributed by atoms with van der Waals surface area (Å²) in [7, 11) is -4.25. The minimum atomic E-state index is -5.19. The number of halogens is 8. The standard InChI is InChI=1S/C28H28F8N2O6S/c1-2-45(41,42)38-24(40)22-21(17-6-10-20(11-7-17)44-25(29)30)16-26(28(34,35)36,37-23(22)39)18-8-12-19(13-9-18)43-15-5-3-4-14-27(31,32)33/h6-13,25H,2-5,14-16H2,1H3,(H,37,39)(H,38,40)/t26-/m0/s1. The number of hydrogen-bond acceptors (Lipinski definition) is 6. The molecule has 2 aromatic carbocycles. The normalized spacial score (nSPS) is 17.7. The Morgan fingerprint density at radius 3 is 2.09 bits per heavy atom. The molecule has 45 heavy (non-hydrogen) atoms. The van der Waals surface area contributed by atoms with Crippen molar-refractivity contribution < 1.29 is 62.6 Å². The van der Waals surface area contributed by atoms with Gasteiger partial charge in [0.1, 0.15) is 17.1 Å². The minimum Gasteiger partial charge on any atom is -0.494 e. The molecule has 1 atom stereocenters. The third kappa shape index (κ3) is 9.31. The van der Waals surface area contributed by atoms with Crippen LogP contribution < -0.4 is 19.5 Å². The smallest absolute Gasteiger partial charge is 0.416 e. The van der Waals surface area contributed by atoms with Gasteiger partial charge in [-0.05, 0) is 67.2 Å². The summed E-state index contributed by atoms with van der Waals surface area (Å²) in [6, 6.07) is 8.39. The van der Waals surface area contributed by atoms with Crippen molar-refractivity contribution in [3.63, 3.8) is 0 Å². The lowest BCUT2D eigenvalue weighted by molar-refractivity contribution is -0.201. The highest BCUT2D eigenvalue weighted by Gasteiger charge is 2.60. The topological polar surface area (TPSA) is 111 Å². The SMILES string of the molecule is CCS(=O)(=O)NC(=O)C1=C(c2ccc(OC(F)F)cc2)C[C@](c2ccc(OCCCCCC(F)(F)F)cc2)(C(F)(F)F)NC1=O. The molecule has 0 fully saturated rings. The zero-order chi connectivity index (χ0) is 33.6. The van der Waals surface area contributed by atoms with Crippen molar-refractivity contribution >= 4 is 27.4 Å². The highest BCUT2D eigenvalue weighted by molar-refractivity contribution is 7.90. The number of sulfonamides is 1. The number of amides is 2. The number of alkyl halides is 8. The Balaban J connectivity index is 1.97. The van der Waals surface area contributed by atoms with Crippen molar-refractivity contribution in [3.8, 4) is 11.5 Å². The maximum Gasteiger partial charge on any atom is 0.416 e. The monoisotopic (exact) mass is 672 g/mol. The van der Waals surface area contributed by atoms with E-state index in [1.54, 1.807) is 4.72 Å². The maximum atomic E-state index is 14.9. The summed E-state index contributed by atoms with van der Waals surface area (Å²) in [5, 5.41) is 1.82. The third-order valence-electron chi connectivity index (χ3n) is 6.79. The van der Waals surface area contributed by atoms with Crippen LogP contribution in [-0.2, 0) is 25.2 Å². The second kappa shape index (κ2) is 14.0. The Kier molecular flexibility index (Phi) is 11.1. The number of hydrogen-bond donors (Lipinski definition) is 2. The van der Waals surface area contributed by atoms with E-state index in [1.807, 2.05) is 5.32 Å². The van der Waals surface area contributed by atoms with Crippen LogP contribution in [0.3, 0.4) is 0 Å². The number of rotatable bonds is 13. The fourth-order valence-electron chi connectivity index (χ4n) is 4.52. The van der Waals surface area contributed by atoms with Crippen molar-refractivity contribution in [2.75, 3.05) is 12.4 Å². The molecular formula is C28H28F8N2O6S. The van der Waals surface area contributed by atoms with E-state index >= 15 is 0 Å². The van der Waals surface area contributed by atoms with Crippen molar-refractivity contribution in [3.05, 3.63) is 65.2 Å². The molecule has 0 saturated heterocycles. The first kappa shape index (κ1) is 35.6. The first-order chi connectivity index (χ1) is 20.9. The number of unbranched alkanes of at least 4 members (excludes halogenated alkanes) is 2. The van der Waals surface area contributed by atoms with Gasteiger partial charge in [0.05, 0.1) is 12.4 Å². The van der Waals surface area contributed by atoms with Gasteiger partial charge in [-0.3, -0.25) is 9.59 Å². The Labute approximate surface area is 252 Å². The van der Waals surface area contributed by atoms with E-state index in [0.29, 0.717) is 0 Å². The van der Waals surface area contributed by atoms with Gasteiger partial charge in [0.2, 0.25) is 10.0 Å². The molecule has 0 unspecified atom stereocenters. The lowest BCUT2D eigenvalue weighted by Crippen LogP contribution is -2.59. The van der Waals surface area contributed by atoms with Crippen molar-refractivity contribution in [2.24, 2.45) is 0 Å². The van der Waals surface area contributed by atoms with Crippen molar-refractivity contribution in [1.82, 2.24) is 10.0 Å². The zero-order valence-electron chi connectivity index (χ0n) is 23.5. The molecule has 248 valence electrons. The molecule has 0 aromatic heterocycles. The first-order valence-corrected chi connectivity index (χ1v) is 15.1. The van der Waals surface area contributed by atoms with Gasteiger partial charge in [0.25, 0.3) is 11.8 Å². The van der Waals surface area contributed by atoms with E-state index < -0.39 is 81.6 Å². The molecule has 0 spiro atoms. The van der Waals surface area contributed by atoms with Crippen LogP contribution in [0.15, 0.2) is 54.1 Å². The molecule has 0 bridgehead atoms. The summed E-state index contributed by atoms with van der Waals surface area (Å²) in [5.74, 6) is -3.90. The number of ether oxygens (including phenoxy) is 2. The lowest BCUT2D eigenvalue weighted by atomic mass is 9.76. The fraction of sp³-hybridized carbons (Fsp3) is 0.429. The van der Waals surface area contributed by atoms with Gasteiger partial charge in [-0.25, -0.2) is 13.1 Å². The summed E-state index contributed by atoms with van der Waals surface area (Å²) >= 11 is 0. The van der Waals surface area contributed by atoms with E-state index in [2.05, 4.69) is 4.74 Å². The molecule has 0 radical (unpaired) electrons. The highest BCUT2D eigenvalue weighted by atomic mass is 32.2. The van der Waals surface area contributed by atoms with Gasteiger partial charge in [-0.1, -0.05) is 24.3 Å². The first-order valence-electron chi connectivity index (χ1n) is 13.4. The second-order valence-electron chi connectivity index (χ2n) is 9.92. The Morgan fingerprint density at radius 1 is 0.956 bits per heavy atom. The maximum absolute atomic E-state index is 14.9. The Morgan fingerprint density at radius 2 is 1.56 bits per heavy atom. The lowest BCUT2D eigenvalue weighted by Gasteiger charge is -2.41. The second-order valence-corrected chi connectivity index (χ2v) is 11.9. The predicted octanol–water partition coefficient (Wildman–Crippen LogP) is 5.99. The largest absolute Gasteiger partial charge is 0.494 e. The van der Waals surface area contributed by atoms with Gasteiger partial charge in [0, 0.05) is 12.8 Å². The fourth-order valence-corrected chi connectivity index (χ4v) is 5.05. The summed E-state index contributed by atoms with van der Waals surface area (Å²) in [5.41, 5.74) is -5.26. The molecule has 2 aromatic rings. The molecule has 2 amide bonds. The van der Waals surface area contributed by atoms with Crippen LogP contribution in [0.4, 0.5) is 35.1 Å². The molecular weight excluding hydrogens is 644 g/mol. The molecule has 0 aliphatic carbocycles. The number of benzene rings is 2. The van der Waals surface area contributed by atoms with Crippen LogP contribution in [0.5, 0.6) is 11.5 Å². The average Bonchev–Trinajstić information content (AvgIpc) is 2.93. The Bertz CT molecular complexity index is 1490. The van der Waals surface area contributed by atoms with Gasteiger partial charge >= 0.3 is 19.0 Å². The summed E-state index contributed by atoms with van der Waals surface area (Å²) in [6.45, 7) is -2.03. The van der Waals surface area contributed by atoms with Crippen LogP contribution in [0.2, 0.25) is 0 Å². The van der Waals surface area contributed by atoms with Crippen molar-refractivity contribution in [1.29, 1.82) is 0 Å². The molecule has 0 saturated carbocycles. The molecule has 3 rings (SSSR count).